The molecular formula is C25H28N6O3. The van der Waals surface area contributed by atoms with Crippen LogP contribution in [0.4, 0.5) is 0 Å². The molecule has 1 fully saturated rings. The van der Waals surface area contributed by atoms with Crippen molar-refractivity contribution in [1.29, 1.82) is 0 Å². The van der Waals surface area contributed by atoms with Gasteiger partial charge < -0.3 is 14.6 Å². The number of benzene rings is 1. The number of aromatic amines is 1. The average Bonchev–Trinajstić information content (AvgIpc) is 3.47. The van der Waals surface area contributed by atoms with Gasteiger partial charge in [0.1, 0.15) is 5.82 Å². The Bertz CT molecular complexity index is 1420. The van der Waals surface area contributed by atoms with Crippen LogP contribution in [0.3, 0.4) is 0 Å². The third-order valence-corrected chi connectivity index (χ3v) is 6.22. The van der Waals surface area contributed by atoms with E-state index in [0.29, 0.717) is 41.1 Å². The SMILES string of the molecule is Cc1nc2c(cnn2C(C)C)cc1C(=O)N(Cc1nc2ccccc2c(=O)[nH]1)C[C@H]1CCCO1. The number of hydrogen-bond acceptors (Lipinski definition) is 6. The lowest BCUT2D eigenvalue weighted by Crippen LogP contribution is -2.38. The van der Waals surface area contributed by atoms with Crippen molar-refractivity contribution in [1.82, 2.24) is 29.6 Å². The number of pyridine rings is 1. The molecule has 176 valence electrons. The second-order valence-corrected chi connectivity index (χ2v) is 9.07. The molecule has 1 amide bonds. The van der Waals surface area contributed by atoms with Crippen LogP contribution in [0, 0.1) is 6.92 Å². The highest BCUT2D eigenvalue weighted by Crippen LogP contribution is 2.22. The van der Waals surface area contributed by atoms with E-state index in [1.165, 1.54) is 0 Å². The highest BCUT2D eigenvalue weighted by molar-refractivity contribution is 5.98. The molecule has 0 bridgehead atoms. The maximum atomic E-state index is 13.8. The molecule has 1 N–H and O–H groups in total. The van der Waals surface area contributed by atoms with Crippen molar-refractivity contribution in [3.05, 3.63) is 64.0 Å². The Kier molecular flexibility index (Phi) is 5.87. The number of para-hydroxylation sites is 1. The Morgan fingerprint density at radius 1 is 1.29 bits per heavy atom. The number of nitrogens with zero attached hydrogens (tertiary/aromatic N) is 5. The average molecular weight is 461 g/mol. The summed E-state index contributed by atoms with van der Waals surface area (Å²) in [5, 5.41) is 5.77. The van der Waals surface area contributed by atoms with Crippen LogP contribution in [0.5, 0.6) is 0 Å². The molecular weight excluding hydrogens is 432 g/mol. The molecule has 9 heteroatoms. The van der Waals surface area contributed by atoms with E-state index >= 15 is 0 Å². The van der Waals surface area contributed by atoms with Gasteiger partial charge in [-0.2, -0.15) is 5.10 Å². The Balaban J connectivity index is 1.51. The molecule has 4 aromatic rings. The summed E-state index contributed by atoms with van der Waals surface area (Å²) in [4.78, 5) is 40.2. The molecule has 0 aliphatic carbocycles. The fourth-order valence-electron chi connectivity index (χ4n) is 4.47. The van der Waals surface area contributed by atoms with Gasteiger partial charge in [0.25, 0.3) is 11.5 Å². The smallest absolute Gasteiger partial charge is 0.258 e. The fourth-order valence-corrected chi connectivity index (χ4v) is 4.47. The van der Waals surface area contributed by atoms with Crippen LogP contribution in [0.2, 0.25) is 0 Å². The van der Waals surface area contributed by atoms with E-state index in [4.69, 9.17) is 9.72 Å². The van der Waals surface area contributed by atoms with Crippen molar-refractivity contribution in [3.63, 3.8) is 0 Å². The van der Waals surface area contributed by atoms with Crippen molar-refractivity contribution in [2.24, 2.45) is 0 Å². The molecule has 1 aliphatic heterocycles. The number of carbonyl (C=O) groups excluding carboxylic acids is 1. The maximum Gasteiger partial charge on any atom is 0.258 e. The molecule has 34 heavy (non-hydrogen) atoms. The zero-order chi connectivity index (χ0) is 23.8. The summed E-state index contributed by atoms with van der Waals surface area (Å²) in [5.41, 5.74) is 2.29. The summed E-state index contributed by atoms with van der Waals surface area (Å²) >= 11 is 0. The van der Waals surface area contributed by atoms with Crippen LogP contribution in [0.25, 0.3) is 21.9 Å². The normalized spacial score (nSPS) is 16.1. The molecule has 0 unspecified atom stereocenters. The number of fused-ring (bicyclic) bond motifs is 2. The number of hydrogen-bond donors (Lipinski definition) is 1. The van der Waals surface area contributed by atoms with Crippen LogP contribution in [0.15, 0.2) is 41.3 Å². The van der Waals surface area contributed by atoms with Crippen LogP contribution in [0.1, 0.15) is 54.6 Å². The number of ether oxygens (including phenoxy) is 1. The Morgan fingerprint density at radius 2 is 2.12 bits per heavy atom. The van der Waals surface area contributed by atoms with Gasteiger partial charge in [-0.05, 0) is 51.8 Å². The van der Waals surface area contributed by atoms with Crippen LogP contribution >= 0.6 is 0 Å². The zero-order valence-corrected chi connectivity index (χ0v) is 19.6. The standard InChI is InChI=1S/C25H28N6O3/c1-15(2)31-23-17(12-26-31)11-20(16(3)27-23)25(33)30(13-18-7-6-10-34-18)14-22-28-21-9-5-4-8-19(21)24(32)29-22/h4-5,8-9,11-12,15,18H,6-7,10,13-14H2,1-3H3,(H,28,29,32)/t18-/m1/s1. The molecule has 1 aliphatic rings. The van der Waals surface area contributed by atoms with Gasteiger partial charge in [0, 0.05) is 24.6 Å². The van der Waals surface area contributed by atoms with E-state index in [1.54, 1.807) is 29.3 Å². The molecule has 1 saturated heterocycles. The molecule has 4 heterocycles. The van der Waals surface area contributed by atoms with E-state index in [9.17, 15) is 9.59 Å². The Labute approximate surface area is 196 Å². The third kappa shape index (κ3) is 4.19. The summed E-state index contributed by atoms with van der Waals surface area (Å²) in [7, 11) is 0. The quantitative estimate of drug-likeness (QED) is 0.473. The highest BCUT2D eigenvalue weighted by Gasteiger charge is 2.26. The van der Waals surface area contributed by atoms with Crippen molar-refractivity contribution in [2.45, 2.75) is 52.3 Å². The van der Waals surface area contributed by atoms with Gasteiger partial charge in [0.05, 0.1) is 41.0 Å². The number of amides is 1. The molecule has 0 saturated carbocycles. The first kappa shape index (κ1) is 22.2. The lowest BCUT2D eigenvalue weighted by Gasteiger charge is -2.25. The summed E-state index contributed by atoms with van der Waals surface area (Å²) in [6.07, 6.45) is 3.56. The number of carbonyl (C=O) groups is 1. The first-order valence-electron chi connectivity index (χ1n) is 11.6. The summed E-state index contributed by atoms with van der Waals surface area (Å²) < 4.78 is 7.67. The van der Waals surface area contributed by atoms with Gasteiger partial charge in [-0.15, -0.1) is 0 Å². The number of aromatic nitrogens is 5. The van der Waals surface area contributed by atoms with Gasteiger partial charge in [0.2, 0.25) is 0 Å². The molecule has 1 aromatic carbocycles. The molecule has 9 nitrogen and oxygen atoms in total. The van der Waals surface area contributed by atoms with Crippen LogP contribution < -0.4 is 5.56 Å². The van der Waals surface area contributed by atoms with E-state index in [1.807, 2.05) is 37.6 Å². The minimum Gasteiger partial charge on any atom is -0.376 e. The number of nitrogens with one attached hydrogen (secondary N) is 1. The van der Waals surface area contributed by atoms with E-state index < -0.39 is 0 Å². The number of rotatable bonds is 6. The summed E-state index contributed by atoms with van der Waals surface area (Å²) in [6, 6.07) is 9.20. The largest absolute Gasteiger partial charge is 0.376 e. The molecule has 0 spiro atoms. The predicted molar refractivity (Wildman–Crippen MR) is 129 cm³/mol. The van der Waals surface area contributed by atoms with Crippen LogP contribution in [-0.2, 0) is 11.3 Å². The highest BCUT2D eigenvalue weighted by atomic mass is 16.5. The summed E-state index contributed by atoms with van der Waals surface area (Å²) in [5.74, 6) is 0.268. The number of aryl methyl sites for hydroxylation is 1. The van der Waals surface area contributed by atoms with E-state index in [0.717, 1.165) is 23.9 Å². The molecule has 1 atom stereocenters. The van der Waals surface area contributed by atoms with Crippen molar-refractivity contribution >= 4 is 27.8 Å². The lowest BCUT2D eigenvalue weighted by molar-refractivity contribution is 0.0500. The maximum absolute atomic E-state index is 13.8. The van der Waals surface area contributed by atoms with E-state index in [2.05, 4.69) is 15.1 Å². The Hall–Kier alpha value is -3.59. The first-order valence-corrected chi connectivity index (χ1v) is 11.6. The topological polar surface area (TPSA) is 106 Å². The van der Waals surface area contributed by atoms with E-state index in [-0.39, 0.29) is 30.2 Å². The molecule has 3 aromatic heterocycles. The fraction of sp³-hybridized carbons (Fsp3) is 0.400. The third-order valence-electron chi connectivity index (χ3n) is 6.22. The second-order valence-electron chi connectivity index (χ2n) is 9.07. The van der Waals surface area contributed by atoms with Gasteiger partial charge in [-0.3, -0.25) is 9.59 Å². The van der Waals surface area contributed by atoms with Crippen LogP contribution in [-0.4, -0.2) is 54.8 Å². The summed E-state index contributed by atoms with van der Waals surface area (Å²) in [6.45, 7) is 7.20. The van der Waals surface area contributed by atoms with Gasteiger partial charge in [-0.1, -0.05) is 12.1 Å². The first-order chi connectivity index (χ1) is 16.4. The van der Waals surface area contributed by atoms with Crippen molar-refractivity contribution in [3.8, 4) is 0 Å². The minimum atomic E-state index is -0.217. The van der Waals surface area contributed by atoms with Gasteiger partial charge in [-0.25, -0.2) is 14.6 Å². The monoisotopic (exact) mass is 460 g/mol. The lowest BCUT2D eigenvalue weighted by atomic mass is 10.1. The Morgan fingerprint density at radius 3 is 2.88 bits per heavy atom. The molecule has 0 radical (unpaired) electrons. The number of H-pyrrole nitrogens is 1. The second kappa shape index (κ2) is 8.98. The van der Waals surface area contributed by atoms with Gasteiger partial charge >= 0.3 is 0 Å². The molecule has 5 rings (SSSR count). The minimum absolute atomic E-state index is 0.0446. The van der Waals surface area contributed by atoms with Crippen molar-refractivity contribution in [2.75, 3.05) is 13.2 Å². The predicted octanol–water partition coefficient (Wildman–Crippen LogP) is 3.38. The van der Waals surface area contributed by atoms with Gasteiger partial charge in [0.15, 0.2) is 5.65 Å². The van der Waals surface area contributed by atoms with Crippen molar-refractivity contribution < 1.29 is 9.53 Å². The zero-order valence-electron chi connectivity index (χ0n) is 19.6.